The fraction of sp³-hybridized carbons (Fsp3) is 0.667. The number of unbranched alkanes of at least 4 members (excludes halogenated alkanes) is 5. The molecular formula is C18H29NaO3S. The zero-order chi connectivity index (χ0) is 16.6. The predicted octanol–water partition coefficient (Wildman–Crippen LogP) is 1.91. The summed E-state index contributed by atoms with van der Waals surface area (Å²) in [6, 6.07) is 6.30. The summed E-state index contributed by atoms with van der Waals surface area (Å²) in [5, 5.41) is 0. The van der Waals surface area contributed by atoms with Crippen molar-refractivity contribution in [3.05, 3.63) is 29.8 Å². The molecule has 0 radical (unpaired) electrons. The molecule has 1 aromatic rings. The summed E-state index contributed by atoms with van der Waals surface area (Å²) in [5.41, 5.74) is 1.55. The van der Waals surface area contributed by atoms with Crippen LogP contribution in [-0.4, -0.2) is 13.0 Å². The molecule has 126 valence electrons. The van der Waals surface area contributed by atoms with E-state index in [0.717, 1.165) is 18.4 Å². The van der Waals surface area contributed by atoms with Crippen LogP contribution < -0.4 is 29.6 Å². The van der Waals surface area contributed by atoms with Crippen LogP contribution in [0, 0.1) is 5.41 Å². The molecule has 23 heavy (non-hydrogen) atoms. The van der Waals surface area contributed by atoms with Crippen LogP contribution in [0.3, 0.4) is 0 Å². The Morgan fingerprint density at radius 3 is 1.83 bits per heavy atom. The summed E-state index contributed by atoms with van der Waals surface area (Å²) in [4.78, 5) is -0.143. The van der Waals surface area contributed by atoms with Crippen molar-refractivity contribution in [1.82, 2.24) is 0 Å². The second kappa shape index (κ2) is 10.9. The van der Waals surface area contributed by atoms with Gasteiger partial charge in [-0.15, -0.1) is 0 Å². The molecule has 0 aliphatic heterocycles. The molecule has 1 rings (SSSR count). The average Bonchev–Trinajstić information content (AvgIpc) is 2.40. The molecule has 0 saturated carbocycles. The first-order valence-electron chi connectivity index (χ1n) is 8.23. The Morgan fingerprint density at radius 2 is 1.35 bits per heavy atom. The zero-order valence-corrected chi connectivity index (χ0v) is 17.9. The van der Waals surface area contributed by atoms with Gasteiger partial charge in [0, 0.05) is 0 Å². The van der Waals surface area contributed by atoms with Crippen molar-refractivity contribution in [1.29, 1.82) is 0 Å². The smallest absolute Gasteiger partial charge is 0.744 e. The van der Waals surface area contributed by atoms with Crippen LogP contribution in [-0.2, 0) is 16.5 Å². The van der Waals surface area contributed by atoms with E-state index in [1.807, 2.05) is 0 Å². The Kier molecular flexibility index (Phi) is 10.9. The van der Waals surface area contributed by atoms with Crippen LogP contribution in [0.4, 0.5) is 0 Å². The van der Waals surface area contributed by atoms with Gasteiger partial charge in [-0.1, -0.05) is 65.0 Å². The van der Waals surface area contributed by atoms with Crippen LogP contribution in [0.5, 0.6) is 0 Å². The summed E-state index contributed by atoms with van der Waals surface area (Å²) < 4.78 is 32.5. The van der Waals surface area contributed by atoms with Crippen molar-refractivity contribution >= 4 is 10.1 Å². The molecule has 0 saturated heterocycles. The van der Waals surface area contributed by atoms with Crippen LogP contribution in [0.2, 0.25) is 0 Å². The molecule has 1 aromatic carbocycles. The quantitative estimate of drug-likeness (QED) is 0.389. The summed E-state index contributed by atoms with van der Waals surface area (Å²) in [6.07, 6.45) is 9.74. The summed E-state index contributed by atoms with van der Waals surface area (Å²) in [5.74, 6) is 0. The van der Waals surface area contributed by atoms with Gasteiger partial charge in [-0.25, -0.2) is 8.42 Å². The van der Waals surface area contributed by atoms with E-state index in [9.17, 15) is 13.0 Å². The van der Waals surface area contributed by atoms with E-state index in [2.05, 4.69) is 20.8 Å². The maximum atomic E-state index is 10.8. The first-order chi connectivity index (χ1) is 10.2. The SMILES string of the molecule is CC(C)(C)CCCCCCCCc1ccc(S(=O)(=O)[O-])cc1.[Na+]. The normalized spacial score (nSPS) is 12.0. The van der Waals surface area contributed by atoms with Crippen LogP contribution in [0.15, 0.2) is 29.2 Å². The molecule has 0 heterocycles. The van der Waals surface area contributed by atoms with Gasteiger partial charge in [0.1, 0.15) is 10.1 Å². The molecule has 0 atom stereocenters. The molecule has 3 nitrogen and oxygen atoms in total. The Balaban J connectivity index is 0.00000484. The minimum absolute atomic E-state index is 0. The number of hydrogen-bond donors (Lipinski definition) is 0. The first kappa shape index (κ1) is 23.1. The summed E-state index contributed by atoms with van der Waals surface area (Å²) >= 11 is 0. The number of aryl methyl sites for hydroxylation is 1. The van der Waals surface area contributed by atoms with Gasteiger partial charge in [-0.3, -0.25) is 0 Å². The number of hydrogen-bond acceptors (Lipinski definition) is 3. The van der Waals surface area contributed by atoms with Crippen molar-refractivity contribution in [3.8, 4) is 0 Å². The fourth-order valence-corrected chi connectivity index (χ4v) is 2.98. The van der Waals surface area contributed by atoms with E-state index in [0.29, 0.717) is 5.41 Å². The molecule has 0 spiro atoms. The molecule has 5 heteroatoms. The second-order valence-corrected chi connectivity index (χ2v) is 8.66. The van der Waals surface area contributed by atoms with Crippen molar-refractivity contribution in [2.45, 2.75) is 77.0 Å². The monoisotopic (exact) mass is 348 g/mol. The summed E-state index contributed by atoms with van der Waals surface area (Å²) in [7, 11) is -4.32. The molecule has 0 amide bonds. The van der Waals surface area contributed by atoms with E-state index in [4.69, 9.17) is 0 Å². The molecule has 0 aliphatic carbocycles. The van der Waals surface area contributed by atoms with Gasteiger partial charge >= 0.3 is 29.6 Å². The zero-order valence-electron chi connectivity index (χ0n) is 15.1. The fourth-order valence-electron chi connectivity index (χ4n) is 2.51. The third kappa shape index (κ3) is 11.3. The Morgan fingerprint density at radius 1 is 0.870 bits per heavy atom. The third-order valence-electron chi connectivity index (χ3n) is 3.85. The van der Waals surface area contributed by atoms with E-state index in [1.165, 1.54) is 50.7 Å². The van der Waals surface area contributed by atoms with Gasteiger partial charge < -0.3 is 4.55 Å². The van der Waals surface area contributed by atoms with Crippen LogP contribution in [0.25, 0.3) is 0 Å². The largest absolute Gasteiger partial charge is 1.00 e. The third-order valence-corrected chi connectivity index (χ3v) is 4.70. The Labute approximate surface area is 164 Å². The second-order valence-electron chi connectivity index (χ2n) is 7.28. The maximum Gasteiger partial charge on any atom is 1.00 e. The van der Waals surface area contributed by atoms with Gasteiger partial charge in [0.2, 0.25) is 0 Å². The minimum atomic E-state index is -4.32. The maximum absolute atomic E-state index is 10.8. The molecule has 0 N–H and O–H groups in total. The standard InChI is InChI=1S/C18H30O3S.Na/c1-18(2,3)15-9-7-5-4-6-8-10-16-11-13-17(14-12-16)22(19,20)21;/h11-14H,4-10,15H2,1-3H3,(H,19,20,21);/q;+1/p-1. The molecule has 0 fully saturated rings. The Bertz CT molecular complexity index is 530. The topological polar surface area (TPSA) is 57.2 Å². The van der Waals surface area contributed by atoms with E-state index >= 15 is 0 Å². The van der Waals surface area contributed by atoms with Gasteiger partial charge in [0.25, 0.3) is 0 Å². The molecule has 0 bridgehead atoms. The number of benzene rings is 1. The van der Waals surface area contributed by atoms with E-state index < -0.39 is 10.1 Å². The first-order valence-corrected chi connectivity index (χ1v) is 9.64. The predicted molar refractivity (Wildman–Crippen MR) is 89.9 cm³/mol. The van der Waals surface area contributed by atoms with Gasteiger partial charge in [-0.05, 0) is 42.4 Å². The number of rotatable bonds is 9. The molecule has 0 aliphatic rings. The van der Waals surface area contributed by atoms with Gasteiger partial charge in [0.05, 0.1) is 4.90 Å². The van der Waals surface area contributed by atoms with Gasteiger partial charge in [0.15, 0.2) is 0 Å². The van der Waals surface area contributed by atoms with Crippen molar-refractivity contribution < 1.29 is 42.5 Å². The Hall–Kier alpha value is 0.130. The van der Waals surface area contributed by atoms with E-state index in [1.54, 1.807) is 12.1 Å². The van der Waals surface area contributed by atoms with Crippen molar-refractivity contribution in [3.63, 3.8) is 0 Å². The van der Waals surface area contributed by atoms with E-state index in [-0.39, 0.29) is 34.5 Å². The molecule has 0 unspecified atom stereocenters. The minimum Gasteiger partial charge on any atom is -0.744 e. The van der Waals surface area contributed by atoms with Crippen molar-refractivity contribution in [2.24, 2.45) is 5.41 Å². The van der Waals surface area contributed by atoms with Gasteiger partial charge in [-0.2, -0.15) is 0 Å². The molecule has 0 aromatic heterocycles. The van der Waals surface area contributed by atoms with Crippen molar-refractivity contribution in [2.75, 3.05) is 0 Å². The average molecular weight is 348 g/mol. The van der Waals surface area contributed by atoms with Crippen LogP contribution >= 0.6 is 0 Å². The molecular weight excluding hydrogens is 319 g/mol. The van der Waals surface area contributed by atoms with Crippen LogP contribution in [0.1, 0.15) is 71.3 Å². The summed E-state index contributed by atoms with van der Waals surface area (Å²) in [6.45, 7) is 6.86.